The highest BCUT2D eigenvalue weighted by Gasteiger charge is 2.15. The van der Waals surface area contributed by atoms with Crippen molar-refractivity contribution >= 4 is 28.6 Å². The standard InChI is InChI=1S/C22H25N3O2S/c1-14(2)12-23-20(26)13-28-22-24-19-8-6-5-7-18(19)21(27)25(22)17-10-9-15(3)16(4)11-17/h5-11,14H,12-13H2,1-4H3,(H,23,26). The smallest absolute Gasteiger partial charge is 0.266 e. The maximum absolute atomic E-state index is 13.2. The minimum atomic E-state index is -0.126. The molecule has 0 atom stereocenters. The van der Waals surface area contributed by atoms with Gasteiger partial charge in [0.25, 0.3) is 5.56 Å². The van der Waals surface area contributed by atoms with Crippen LogP contribution >= 0.6 is 11.8 Å². The van der Waals surface area contributed by atoms with Crippen LogP contribution in [0, 0.1) is 19.8 Å². The van der Waals surface area contributed by atoms with Crippen molar-refractivity contribution < 1.29 is 4.79 Å². The lowest BCUT2D eigenvalue weighted by molar-refractivity contribution is -0.118. The molecule has 0 saturated heterocycles. The van der Waals surface area contributed by atoms with Crippen LogP contribution in [0.4, 0.5) is 0 Å². The number of para-hydroxylation sites is 1. The fourth-order valence-electron chi connectivity index (χ4n) is 2.80. The number of aryl methyl sites for hydroxylation is 2. The predicted octanol–water partition coefficient (Wildman–Crippen LogP) is 3.87. The van der Waals surface area contributed by atoms with Gasteiger partial charge in [0, 0.05) is 6.54 Å². The van der Waals surface area contributed by atoms with Crippen molar-refractivity contribution in [3.63, 3.8) is 0 Å². The first-order valence-electron chi connectivity index (χ1n) is 9.35. The largest absolute Gasteiger partial charge is 0.355 e. The average Bonchev–Trinajstić information content (AvgIpc) is 2.67. The van der Waals surface area contributed by atoms with Crippen molar-refractivity contribution in [1.82, 2.24) is 14.9 Å². The van der Waals surface area contributed by atoms with E-state index < -0.39 is 0 Å². The quantitative estimate of drug-likeness (QED) is 0.508. The van der Waals surface area contributed by atoms with Gasteiger partial charge in [-0.25, -0.2) is 4.98 Å². The molecule has 0 radical (unpaired) electrons. The molecule has 0 unspecified atom stereocenters. The Kier molecular flexibility index (Phi) is 6.19. The van der Waals surface area contributed by atoms with Crippen molar-refractivity contribution in [1.29, 1.82) is 0 Å². The van der Waals surface area contributed by atoms with Crippen LogP contribution in [0.3, 0.4) is 0 Å². The molecular weight excluding hydrogens is 370 g/mol. The number of aromatic nitrogens is 2. The number of carbonyl (C=O) groups is 1. The molecule has 28 heavy (non-hydrogen) atoms. The SMILES string of the molecule is Cc1ccc(-n2c(SCC(=O)NCC(C)C)nc3ccccc3c2=O)cc1C. The average molecular weight is 396 g/mol. The van der Waals surface area contributed by atoms with Gasteiger partial charge in [-0.3, -0.25) is 14.2 Å². The summed E-state index contributed by atoms with van der Waals surface area (Å²) in [5, 5.41) is 3.99. The normalized spacial score (nSPS) is 11.2. The van der Waals surface area contributed by atoms with Crippen LogP contribution in [0.1, 0.15) is 25.0 Å². The molecule has 146 valence electrons. The monoisotopic (exact) mass is 395 g/mol. The number of nitrogens with one attached hydrogen (secondary N) is 1. The fraction of sp³-hybridized carbons (Fsp3) is 0.318. The van der Waals surface area contributed by atoms with Gasteiger partial charge in [0.05, 0.1) is 22.3 Å². The van der Waals surface area contributed by atoms with Crippen molar-refractivity contribution in [2.24, 2.45) is 5.92 Å². The minimum Gasteiger partial charge on any atom is -0.355 e. The molecule has 1 heterocycles. The molecule has 0 aliphatic rings. The van der Waals surface area contributed by atoms with Gasteiger partial charge in [0.1, 0.15) is 0 Å². The number of benzene rings is 2. The summed E-state index contributed by atoms with van der Waals surface area (Å²) in [5.74, 6) is 0.539. The highest BCUT2D eigenvalue weighted by atomic mass is 32.2. The zero-order valence-corrected chi connectivity index (χ0v) is 17.5. The summed E-state index contributed by atoms with van der Waals surface area (Å²) in [6, 6.07) is 13.2. The number of thioether (sulfide) groups is 1. The summed E-state index contributed by atoms with van der Waals surface area (Å²) in [6.45, 7) is 8.79. The van der Waals surface area contributed by atoms with Gasteiger partial charge in [-0.15, -0.1) is 0 Å². The zero-order chi connectivity index (χ0) is 20.3. The van der Waals surface area contributed by atoms with Gasteiger partial charge in [-0.1, -0.05) is 43.8 Å². The fourth-order valence-corrected chi connectivity index (χ4v) is 3.64. The Labute approximate surface area is 169 Å². The summed E-state index contributed by atoms with van der Waals surface area (Å²) in [6.07, 6.45) is 0. The molecule has 0 saturated carbocycles. The van der Waals surface area contributed by atoms with Crippen molar-refractivity contribution in [2.45, 2.75) is 32.9 Å². The number of carbonyl (C=O) groups excluding carboxylic acids is 1. The number of nitrogens with zero attached hydrogens (tertiary/aromatic N) is 2. The lowest BCUT2D eigenvalue weighted by Crippen LogP contribution is -2.29. The Hall–Kier alpha value is -2.60. The number of rotatable bonds is 6. The summed E-state index contributed by atoms with van der Waals surface area (Å²) < 4.78 is 1.61. The van der Waals surface area contributed by atoms with Gasteiger partial charge < -0.3 is 5.32 Å². The number of fused-ring (bicyclic) bond motifs is 1. The van der Waals surface area contributed by atoms with Crippen molar-refractivity contribution in [3.8, 4) is 5.69 Å². The Balaban J connectivity index is 2.03. The molecule has 3 aromatic rings. The van der Waals surface area contributed by atoms with Gasteiger partial charge >= 0.3 is 0 Å². The van der Waals surface area contributed by atoms with E-state index in [1.807, 2.05) is 50.2 Å². The van der Waals surface area contributed by atoms with Crippen LogP contribution in [0.5, 0.6) is 0 Å². The second kappa shape index (κ2) is 8.61. The molecule has 3 rings (SSSR count). The first kappa shape index (κ1) is 20.1. The Morgan fingerprint density at radius 1 is 1.14 bits per heavy atom. The first-order valence-corrected chi connectivity index (χ1v) is 10.3. The molecule has 0 aliphatic heterocycles. The number of hydrogen-bond acceptors (Lipinski definition) is 4. The van der Waals surface area contributed by atoms with Crippen LogP contribution in [0.15, 0.2) is 52.4 Å². The van der Waals surface area contributed by atoms with E-state index in [0.29, 0.717) is 28.5 Å². The van der Waals surface area contributed by atoms with Crippen molar-refractivity contribution in [3.05, 3.63) is 63.9 Å². The second-order valence-corrected chi connectivity index (χ2v) is 8.25. The number of hydrogen-bond donors (Lipinski definition) is 1. The Morgan fingerprint density at radius 3 is 2.61 bits per heavy atom. The van der Waals surface area contributed by atoms with Crippen molar-refractivity contribution in [2.75, 3.05) is 12.3 Å². The minimum absolute atomic E-state index is 0.0623. The van der Waals surface area contributed by atoms with Gasteiger partial charge in [0.2, 0.25) is 5.91 Å². The Bertz CT molecular complexity index is 1070. The zero-order valence-electron chi connectivity index (χ0n) is 16.7. The van der Waals surface area contributed by atoms with E-state index in [0.717, 1.165) is 16.8 Å². The molecule has 1 amide bonds. The van der Waals surface area contributed by atoms with Crippen LogP contribution in [0.25, 0.3) is 16.6 Å². The molecule has 2 aromatic carbocycles. The molecular formula is C22H25N3O2S. The van der Waals surface area contributed by atoms with E-state index in [4.69, 9.17) is 0 Å². The highest BCUT2D eigenvalue weighted by molar-refractivity contribution is 7.99. The summed E-state index contributed by atoms with van der Waals surface area (Å²) in [5.41, 5.74) is 3.53. The molecule has 0 bridgehead atoms. The van der Waals surface area contributed by atoms with E-state index in [-0.39, 0.29) is 17.2 Å². The van der Waals surface area contributed by atoms with Crippen LogP contribution in [-0.2, 0) is 4.79 Å². The first-order chi connectivity index (χ1) is 13.4. The summed E-state index contributed by atoms with van der Waals surface area (Å²) in [4.78, 5) is 30.1. The van der Waals surface area contributed by atoms with E-state index in [2.05, 4.69) is 24.1 Å². The predicted molar refractivity (Wildman–Crippen MR) is 115 cm³/mol. The molecule has 6 heteroatoms. The molecule has 1 N–H and O–H groups in total. The van der Waals surface area contributed by atoms with Crippen LogP contribution in [0.2, 0.25) is 0 Å². The van der Waals surface area contributed by atoms with Gasteiger partial charge in [0.15, 0.2) is 5.16 Å². The number of amides is 1. The van der Waals surface area contributed by atoms with E-state index in [9.17, 15) is 9.59 Å². The third-order valence-corrected chi connectivity index (χ3v) is 5.47. The van der Waals surface area contributed by atoms with Crippen LogP contribution < -0.4 is 10.9 Å². The Morgan fingerprint density at radius 2 is 1.89 bits per heavy atom. The molecule has 1 aromatic heterocycles. The van der Waals surface area contributed by atoms with E-state index >= 15 is 0 Å². The second-order valence-electron chi connectivity index (χ2n) is 7.31. The molecule has 5 nitrogen and oxygen atoms in total. The maximum Gasteiger partial charge on any atom is 0.266 e. The van der Waals surface area contributed by atoms with Gasteiger partial charge in [-0.2, -0.15) is 0 Å². The lowest BCUT2D eigenvalue weighted by atomic mass is 10.1. The highest BCUT2D eigenvalue weighted by Crippen LogP contribution is 2.22. The third kappa shape index (κ3) is 4.44. The lowest BCUT2D eigenvalue weighted by Gasteiger charge is -2.14. The van der Waals surface area contributed by atoms with Gasteiger partial charge in [-0.05, 0) is 55.2 Å². The summed E-state index contributed by atoms with van der Waals surface area (Å²) >= 11 is 1.28. The maximum atomic E-state index is 13.2. The third-order valence-electron chi connectivity index (χ3n) is 4.53. The van der Waals surface area contributed by atoms with Crippen LogP contribution in [-0.4, -0.2) is 27.8 Å². The molecule has 0 fully saturated rings. The topological polar surface area (TPSA) is 64.0 Å². The summed E-state index contributed by atoms with van der Waals surface area (Å²) in [7, 11) is 0. The van der Waals surface area contributed by atoms with E-state index in [1.54, 1.807) is 10.6 Å². The van der Waals surface area contributed by atoms with E-state index in [1.165, 1.54) is 11.8 Å². The molecule has 0 aliphatic carbocycles. The molecule has 0 spiro atoms.